The van der Waals surface area contributed by atoms with Crippen LogP contribution in [-0.4, -0.2) is 37.4 Å². The van der Waals surface area contributed by atoms with Gasteiger partial charge in [-0.25, -0.2) is 0 Å². The molecular weight excluding hydrogens is 290 g/mol. The molecule has 1 aromatic rings. The molecule has 0 heterocycles. The molecule has 2 amide bonds. The van der Waals surface area contributed by atoms with Gasteiger partial charge in [0.25, 0.3) is 5.91 Å². The van der Waals surface area contributed by atoms with Gasteiger partial charge >= 0.3 is 0 Å². The molecule has 116 valence electrons. The van der Waals surface area contributed by atoms with Crippen molar-refractivity contribution in [2.24, 2.45) is 11.1 Å². The minimum Gasteiger partial charge on any atom is -0.345 e. The Morgan fingerprint density at radius 1 is 1.38 bits per heavy atom. The van der Waals surface area contributed by atoms with Crippen LogP contribution in [0.1, 0.15) is 30.6 Å². The Hall–Kier alpha value is -1.59. The SMILES string of the molecule is CCC(C)(CN)C(=O)Nc1cc(Cl)ccc1C(=O)N(C)C. The van der Waals surface area contributed by atoms with Crippen LogP contribution in [0.2, 0.25) is 5.02 Å². The molecule has 1 rings (SSSR count). The number of benzene rings is 1. The fourth-order valence-corrected chi connectivity index (χ4v) is 1.89. The Bertz CT molecular complexity index is 540. The predicted octanol–water partition coefficient (Wildman–Crippen LogP) is 2.36. The number of carbonyl (C=O) groups excluding carboxylic acids is 2. The van der Waals surface area contributed by atoms with Gasteiger partial charge in [-0.3, -0.25) is 9.59 Å². The van der Waals surface area contributed by atoms with E-state index in [1.165, 1.54) is 4.90 Å². The van der Waals surface area contributed by atoms with Gasteiger partial charge in [0.1, 0.15) is 0 Å². The van der Waals surface area contributed by atoms with E-state index in [2.05, 4.69) is 5.32 Å². The van der Waals surface area contributed by atoms with Crippen molar-refractivity contribution < 1.29 is 9.59 Å². The van der Waals surface area contributed by atoms with E-state index in [4.69, 9.17) is 17.3 Å². The first kappa shape index (κ1) is 17.5. The minimum absolute atomic E-state index is 0.201. The van der Waals surface area contributed by atoms with E-state index < -0.39 is 5.41 Å². The Balaban J connectivity index is 3.16. The maximum absolute atomic E-state index is 12.4. The Kier molecular flexibility index (Phi) is 5.75. The largest absolute Gasteiger partial charge is 0.345 e. The molecule has 0 aliphatic carbocycles. The molecule has 0 aromatic heterocycles. The normalized spacial score (nSPS) is 13.4. The van der Waals surface area contributed by atoms with Crippen molar-refractivity contribution in [2.45, 2.75) is 20.3 Å². The van der Waals surface area contributed by atoms with Crippen molar-refractivity contribution in [3.8, 4) is 0 Å². The van der Waals surface area contributed by atoms with Crippen molar-refractivity contribution in [3.63, 3.8) is 0 Å². The van der Waals surface area contributed by atoms with Crippen LogP contribution >= 0.6 is 11.6 Å². The predicted molar refractivity (Wildman–Crippen MR) is 85.6 cm³/mol. The molecule has 0 aliphatic heterocycles. The highest BCUT2D eigenvalue weighted by molar-refractivity contribution is 6.31. The molecule has 1 atom stereocenters. The third-order valence-corrected chi connectivity index (χ3v) is 3.88. The van der Waals surface area contributed by atoms with Gasteiger partial charge in [0, 0.05) is 25.7 Å². The zero-order valence-electron chi connectivity index (χ0n) is 12.9. The highest BCUT2D eigenvalue weighted by Crippen LogP contribution is 2.26. The van der Waals surface area contributed by atoms with Crippen molar-refractivity contribution >= 4 is 29.1 Å². The van der Waals surface area contributed by atoms with E-state index in [9.17, 15) is 9.59 Å². The van der Waals surface area contributed by atoms with E-state index in [1.807, 2.05) is 6.92 Å². The van der Waals surface area contributed by atoms with E-state index in [0.717, 1.165) is 0 Å². The average molecular weight is 312 g/mol. The zero-order valence-corrected chi connectivity index (χ0v) is 13.6. The molecule has 0 radical (unpaired) electrons. The Morgan fingerprint density at radius 3 is 2.48 bits per heavy atom. The van der Waals surface area contributed by atoms with Gasteiger partial charge in [0.15, 0.2) is 0 Å². The number of nitrogens with one attached hydrogen (secondary N) is 1. The molecule has 0 fully saturated rings. The third-order valence-electron chi connectivity index (χ3n) is 3.65. The molecule has 0 aliphatic rings. The van der Waals surface area contributed by atoms with Crippen LogP contribution in [0.25, 0.3) is 0 Å². The smallest absolute Gasteiger partial charge is 0.255 e. The summed E-state index contributed by atoms with van der Waals surface area (Å²) in [5, 5.41) is 3.23. The molecule has 0 spiro atoms. The molecule has 6 heteroatoms. The van der Waals surface area contributed by atoms with Gasteiger partial charge in [-0.05, 0) is 31.5 Å². The lowest BCUT2D eigenvalue weighted by atomic mass is 9.86. The second-order valence-corrected chi connectivity index (χ2v) is 5.90. The lowest BCUT2D eigenvalue weighted by Gasteiger charge is -2.26. The van der Waals surface area contributed by atoms with Gasteiger partial charge in [-0.15, -0.1) is 0 Å². The van der Waals surface area contributed by atoms with Gasteiger partial charge in [0.2, 0.25) is 5.91 Å². The van der Waals surface area contributed by atoms with Crippen LogP contribution in [0.3, 0.4) is 0 Å². The van der Waals surface area contributed by atoms with E-state index in [0.29, 0.717) is 22.7 Å². The topological polar surface area (TPSA) is 75.4 Å². The van der Waals surface area contributed by atoms with Crippen LogP contribution in [0, 0.1) is 5.41 Å². The van der Waals surface area contributed by atoms with E-state index in [-0.39, 0.29) is 18.4 Å². The van der Waals surface area contributed by atoms with Crippen molar-refractivity contribution in [1.82, 2.24) is 4.90 Å². The molecule has 1 aromatic carbocycles. The number of nitrogens with zero attached hydrogens (tertiary/aromatic N) is 1. The Morgan fingerprint density at radius 2 is 2.00 bits per heavy atom. The van der Waals surface area contributed by atoms with Gasteiger partial charge < -0.3 is 16.0 Å². The summed E-state index contributed by atoms with van der Waals surface area (Å²) in [5.41, 5.74) is 5.80. The summed E-state index contributed by atoms with van der Waals surface area (Å²) >= 11 is 5.97. The van der Waals surface area contributed by atoms with E-state index in [1.54, 1.807) is 39.2 Å². The number of hydrogen-bond acceptors (Lipinski definition) is 3. The fourth-order valence-electron chi connectivity index (χ4n) is 1.72. The number of hydrogen-bond donors (Lipinski definition) is 2. The minimum atomic E-state index is -0.680. The summed E-state index contributed by atoms with van der Waals surface area (Å²) < 4.78 is 0. The molecule has 0 saturated heterocycles. The maximum atomic E-state index is 12.4. The molecular formula is C15H22ClN3O2. The fraction of sp³-hybridized carbons (Fsp3) is 0.467. The van der Waals surface area contributed by atoms with Crippen LogP contribution in [-0.2, 0) is 4.79 Å². The number of nitrogens with two attached hydrogens (primary N) is 1. The maximum Gasteiger partial charge on any atom is 0.255 e. The molecule has 0 bridgehead atoms. The molecule has 0 saturated carbocycles. The average Bonchev–Trinajstić information content (AvgIpc) is 2.45. The highest BCUT2D eigenvalue weighted by atomic mass is 35.5. The second kappa shape index (κ2) is 6.91. The first-order chi connectivity index (χ1) is 9.75. The number of halogens is 1. The van der Waals surface area contributed by atoms with Crippen molar-refractivity contribution in [1.29, 1.82) is 0 Å². The molecule has 1 unspecified atom stereocenters. The van der Waals surface area contributed by atoms with Gasteiger partial charge in [-0.1, -0.05) is 18.5 Å². The highest BCUT2D eigenvalue weighted by Gasteiger charge is 2.30. The van der Waals surface area contributed by atoms with Crippen molar-refractivity contribution in [3.05, 3.63) is 28.8 Å². The van der Waals surface area contributed by atoms with Crippen LogP contribution in [0.5, 0.6) is 0 Å². The summed E-state index contributed by atoms with van der Waals surface area (Å²) in [7, 11) is 3.30. The first-order valence-electron chi connectivity index (χ1n) is 6.78. The first-order valence-corrected chi connectivity index (χ1v) is 7.15. The quantitative estimate of drug-likeness (QED) is 0.876. The summed E-state index contributed by atoms with van der Waals surface area (Å²) in [5.74, 6) is -0.421. The van der Waals surface area contributed by atoms with Crippen LogP contribution < -0.4 is 11.1 Å². The van der Waals surface area contributed by atoms with Crippen LogP contribution in [0.4, 0.5) is 5.69 Å². The summed E-state index contributed by atoms with van der Waals surface area (Å²) in [6.45, 7) is 3.92. The summed E-state index contributed by atoms with van der Waals surface area (Å²) in [4.78, 5) is 26.0. The molecule has 21 heavy (non-hydrogen) atoms. The lowest BCUT2D eigenvalue weighted by Crippen LogP contribution is -2.39. The lowest BCUT2D eigenvalue weighted by molar-refractivity contribution is -0.124. The number of amides is 2. The van der Waals surface area contributed by atoms with Gasteiger partial charge in [0.05, 0.1) is 16.7 Å². The number of carbonyl (C=O) groups is 2. The van der Waals surface area contributed by atoms with E-state index >= 15 is 0 Å². The zero-order chi connectivity index (χ0) is 16.2. The molecule has 3 N–H and O–H groups in total. The standard InChI is InChI=1S/C15H22ClN3O2/c1-5-15(2,9-17)14(21)18-12-8-10(16)6-7-11(12)13(20)19(3)4/h6-8H,5,9,17H2,1-4H3,(H,18,21). The van der Waals surface area contributed by atoms with Gasteiger partial charge in [-0.2, -0.15) is 0 Å². The monoisotopic (exact) mass is 311 g/mol. The number of rotatable bonds is 5. The summed E-state index contributed by atoms with van der Waals surface area (Å²) in [6.07, 6.45) is 0.604. The summed E-state index contributed by atoms with van der Waals surface area (Å²) in [6, 6.07) is 4.80. The second-order valence-electron chi connectivity index (χ2n) is 5.46. The van der Waals surface area contributed by atoms with Crippen LogP contribution in [0.15, 0.2) is 18.2 Å². The third kappa shape index (κ3) is 3.95. The Labute approximate surface area is 130 Å². The molecule has 5 nitrogen and oxygen atoms in total. The number of anilines is 1. The van der Waals surface area contributed by atoms with Crippen molar-refractivity contribution in [2.75, 3.05) is 26.0 Å².